The molecule has 0 saturated carbocycles. The second-order valence-electron chi connectivity index (χ2n) is 8.16. The minimum Gasteiger partial charge on any atom is -0.359 e. The number of nitrogens with zero attached hydrogens (tertiary/aromatic N) is 1. The van der Waals surface area contributed by atoms with E-state index in [9.17, 15) is 14.7 Å². The molecule has 2 amide bonds. The van der Waals surface area contributed by atoms with Crippen molar-refractivity contribution in [2.24, 2.45) is 5.92 Å². The highest BCUT2D eigenvalue weighted by Gasteiger charge is 2.54. The fraction of sp³-hybridized carbons (Fsp3) is 0.417. The van der Waals surface area contributed by atoms with Gasteiger partial charge in [-0.15, -0.1) is 0 Å². The largest absolute Gasteiger partial charge is 0.359 e. The van der Waals surface area contributed by atoms with Crippen molar-refractivity contribution in [1.29, 1.82) is 0 Å². The number of benzene rings is 2. The number of hydrogen-bond donors (Lipinski definition) is 3. The monoisotopic (exact) mass is 407 g/mol. The minimum absolute atomic E-state index is 0.323. The molecule has 30 heavy (non-hydrogen) atoms. The van der Waals surface area contributed by atoms with Gasteiger partial charge in [0.1, 0.15) is 0 Å². The van der Waals surface area contributed by atoms with Gasteiger partial charge in [-0.3, -0.25) is 14.5 Å². The Balaban J connectivity index is 1.49. The van der Waals surface area contributed by atoms with Gasteiger partial charge in [0.15, 0.2) is 0 Å². The molecule has 6 nitrogen and oxygen atoms in total. The molecule has 2 aliphatic rings. The first-order chi connectivity index (χ1) is 14.6. The Bertz CT molecular complexity index is 894. The van der Waals surface area contributed by atoms with Gasteiger partial charge in [-0.2, -0.15) is 0 Å². The maximum atomic E-state index is 13.2. The van der Waals surface area contributed by atoms with E-state index in [0.29, 0.717) is 29.3 Å². The first-order valence-corrected chi connectivity index (χ1v) is 10.8. The van der Waals surface area contributed by atoms with Crippen molar-refractivity contribution < 1.29 is 14.7 Å². The van der Waals surface area contributed by atoms with Crippen LogP contribution in [0.15, 0.2) is 54.6 Å². The summed E-state index contributed by atoms with van der Waals surface area (Å²) in [5.74, 6) is -0.315. The van der Waals surface area contributed by atoms with Crippen LogP contribution in [0.5, 0.6) is 0 Å². The lowest BCUT2D eigenvalue weighted by Gasteiger charge is -2.33. The summed E-state index contributed by atoms with van der Waals surface area (Å²) in [7, 11) is 0. The van der Waals surface area contributed by atoms with Gasteiger partial charge in [0.05, 0.1) is 0 Å². The van der Waals surface area contributed by atoms with Crippen LogP contribution >= 0.6 is 0 Å². The van der Waals surface area contributed by atoms with Gasteiger partial charge in [0.2, 0.25) is 0 Å². The molecule has 2 unspecified atom stereocenters. The third-order valence-corrected chi connectivity index (χ3v) is 6.11. The summed E-state index contributed by atoms with van der Waals surface area (Å²) in [5.41, 5.74) is -0.896. The molecule has 4 rings (SSSR count). The number of nitrogens with one attached hydrogen (secondary N) is 2. The molecular weight excluding hydrogens is 378 g/mol. The second kappa shape index (κ2) is 8.98. The summed E-state index contributed by atoms with van der Waals surface area (Å²) in [4.78, 5) is 27.5. The van der Waals surface area contributed by atoms with E-state index in [1.165, 1.54) is 24.2 Å². The highest BCUT2D eigenvalue weighted by molar-refractivity contribution is 6.17. The molecule has 158 valence electrons. The number of carbonyl (C=O) groups is 2. The number of carbonyl (C=O) groups excluding carboxylic acids is 2. The van der Waals surface area contributed by atoms with E-state index in [1.54, 1.807) is 48.5 Å². The van der Waals surface area contributed by atoms with Crippen molar-refractivity contribution in [1.82, 2.24) is 10.6 Å². The van der Waals surface area contributed by atoms with E-state index in [4.69, 9.17) is 0 Å². The van der Waals surface area contributed by atoms with Gasteiger partial charge in [-0.25, -0.2) is 0 Å². The van der Waals surface area contributed by atoms with E-state index in [-0.39, 0.29) is 5.91 Å². The van der Waals surface area contributed by atoms with Crippen LogP contribution in [0, 0.1) is 5.92 Å². The summed E-state index contributed by atoms with van der Waals surface area (Å²) in [6.45, 7) is 2.58. The predicted molar refractivity (Wildman–Crippen MR) is 116 cm³/mol. The average molecular weight is 408 g/mol. The summed E-state index contributed by atoms with van der Waals surface area (Å²) in [5, 5.41) is 17.9. The Morgan fingerprint density at radius 1 is 1.13 bits per heavy atom. The van der Waals surface area contributed by atoms with E-state index >= 15 is 0 Å². The SMILES string of the molecule is O=C1c2ccccc2C(O)(C(=O)NCCCC2CCCCNC2)N1c1ccccc1. The molecule has 3 N–H and O–H groups in total. The third-order valence-electron chi connectivity index (χ3n) is 6.11. The highest BCUT2D eigenvalue weighted by Crippen LogP contribution is 2.40. The van der Waals surface area contributed by atoms with E-state index in [0.717, 1.165) is 25.9 Å². The summed E-state index contributed by atoms with van der Waals surface area (Å²) >= 11 is 0. The van der Waals surface area contributed by atoms with Crippen molar-refractivity contribution in [2.45, 2.75) is 37.8 Å². The molecule has 2 atom stereocenters. The minimum atomic E-state index is -2.06. The van der Waals surface area contributed by atoms with Crippen LogP contribution in [-0.2, 0) is 10.5 Å². The average Bonchev–Trinajstić information content (AvgIpc) is 2.93. The van der Waals surface area contributed by atoms with Gasteiger partial charge in [-0.1, -0.05) is 42.8 Å². The molecule has 1 fully saturated rings. The molecule has 0 radical (unpaired) electrons. The zero-order valence-corrected chi connectivity index (χ0v) is 17.1. The topological polar surface area (TPSA) is 81.7 Å². The number of hydrogen-bond acceptors (Lipinski definition) is 4. The van der Waals surface area contributed by atoms with Crippen molar-refractivity contribution in [2.75, 3.05) is 24.5 Å². The van der Waals surface area contributed by atoms with Crippen molar-refractivity contribution in [3.8, 4) is 0 Å². The van der Waals surface area contributed by atoms with E-state index in [1.807, 2.05) is 6.07 Å². The van der Waals surface area contributed by atoms with Gasteiger partial charge < -0.3 is 15.7 Å². The van der Waals surface area contributed by atoms with Gasteiger partial charge in [-0.05, 0) is 62.9 Å². The normalized spacial score (nSPS) is 23.7. The second-order valence-corrected chi connectivity index (χ2v) is 8.16. The smallest absolute Gasteiger partial charge is 0.278 e. The maximum Gasteiger partial charge on any atom is 0.278 e. The highest BCUT2D eigenvalue weighted by atomic mass is 16.3. The van der Waals surface area contributed by atoms with Gasteiger partial charge in [0, 0.05) is 23.4 Å². The Hall–Kier alpha value is -2.70. The number of fused-ring (bicyclic) bond motifs is 1. The quantitative estimate of drug-likeness (QED) is 0.643. The number of amides is 2. The first-order valence-electron chi connectivity index (χ1n) is 10.8. The first kappa shape index (κ1) is 20.6. The van der Waals surface area contributed by atoms with Gasteiger partial charge >= 0.3 is 0 Å². The molecule has 1 saturated heterocycles. The number of rotatable bonds is 6. The zero-order chi connectivity index (χ0) is 21.0. The molecule has 2 aromatic rings. The van der Waals surface area contributed by atoms with Crippen LogP contribution in [-0.4, -0.2) is 36.6 Å². The van der Waals surface area contributed by atoms with E-state index < -0.39 is 11.6 Å². The Morgan fingerprint density at radius 2 is 1.90 bits per heavy atom. The summed E-state index contributed by atoms with van der Waals surface area (Å²) in [6, 6.07) is 15.6. The molecule has 0 spiro atoms. The van der Waals surface area contributed by atoms with Gasteiger partial charge in [0.25, 0.3) is 17.5 Å². The molecule has 2 aliphatic heterocycles. The zero-order valence-electron chi connectivity index (χ0n) is 17.1. The molecule has 2 heterocycles. The standard InChI is InChI=1S/C24H29N3O3/c28-22-20-13-4-5-14-21(20)24(30,27(22)19-11-2-1-3-12-19)23(29)26-16-8-10-18-9-6-7-15-25-17-18/h1-5,11-14,18,25,30H,6-10,15-17H2,(H,26,29). The number of aliphatic hydroxyl groups is 1. The summed E-state index contributed by atoms with van der Waals surface area (Å²) < 4.78 is 0. The Morgan fingerprint density at radius 3 is 2.73 bits per heavy atom. The lowest BCUT2D eigenvalue weighted by atomic mass is 9.97. The van der Waals surface area contributed by atoms with Crippen LogP contribution in [0.1, 0.15) is 48.0 Å². The molecule has 2 aromatic carbocycles. The summed E-state index contributed by atoms with van der Waals surface area (Å²) in [6.07, 6.45) is 5.56. The van der Waals surface area contributed by atoms with Crippen LogP contribution in [0.2, 0.25) is 0 Å². The third kappa shape index (κ3) is 3.85. The van der Waals surface area contributed by atoms with Crippen LogP contribution < -0.4 is 15.5 Å². The van der Waals surface area contributed by atoms with Crippen molar-refractivity contribution in [3.63, 3.8) is 0 Å². The van der Waals surface area contributed by atoms with Crippen molar-refractivity contribution in [3.05, 3.63) is 65.7 Å². The predicted octanol–water partition coefficient (Wildman–Crippen LogP) is 2.78. The molecule has 0 aliphatic carbocycles. The molecule has 0 bridgehead atoms. The van der Waals surface area contributed by atoms with Crippen LogP contribution in [0.4, 0.5) is 5.69 Å². The Labute approximate surface area is 177 Å². The van der Waals surface area contributed by atoms with Crippen LogP contribution in [0.25, 0.3) is 0 Å². The fourth-order valence-electron chi connectivity index (χ4n) is 4.52. The lowest BCUT2D eigenvalue weighted by molar-refractivity contribution is -0.139. The number of para-hydroxylation sites is 1. The fourth-order valence-corrected chi connectivity index (χ4v) is 4.52. The molecular formula is C24H29N3O3. The maximum absolute atomic E-state index is 13.2. The molecule has 6 heteroatoms. The molecule has 0 aromatic heterocycles. The number of anilines is 1. The lowest BCUT2D eigenvalue weighted by Crippen LogP contribution is -2.55. The van der Waals surface area contributed by atoms with Crippen molar-refractivity contribution >= 4 is 17.5 Å². The van der Waals surface area contributed by atoms with E-state index in [2.05, 4.69) is 10.6 Å². The Kier molecular flexibility index (Phi) is 6.16. The van der Waals surface area contributed by atoms with Crippen LogP contribution in [0.3, 0.4) is 0 Å².